The molecule has 2 atom stereocenters. The van der Waals surface area contributed by atoms with Gasteiger partial charge >= 0.3 is 0 Å². The molecule has 3 nitrogen and oxygen atoms in total. The summed E-state index contributed by atoms with van der Waals surface area (Å²) in [5.74, 6) is 0.629. The first-order valence-corrected chi connectivity index (χ1v) is 8.56. The van der Waals surface area contributed by atoms with Crippen molar-refractivity contribution in [2.75, 3.05) is 18.0 Å². The van der Waals surface area contributed by atoms with Gasteiger partial charge in [0.25, 0.3) is 0 Å². The number of hydrogen-bond acceptors (Lipinski definition) is 3. The molecule has 118 valence electrons. The fourth-order valence-electron chi connectivity index (χ4n) is 3.73. The maximum atomic E-state index is 4.75. The lowest BCUT2D eigenvalue weighted by molar-refractivity contribution is 0.350. The number of para-hydroxylation sites is 2. The van der Waals surface area contributed by atoms with E-state index < -0.39 is 0 Å². The van der Waals surface area contributed by atoms with Gasteiger partial charge in [0.2, 0.25) is 0 Å². The van der Waals surface area contributed by atoms with Crippen molar-refractivity contribution in [2.24, 2.45) is 10.9 Å². The minimum Gasteiger partial charge on any atom is -0.357 e. The number of aliphatic imine (C=N–C) groups is 1. The molecular formula is C20H23N3. The second-order valence-electron chi connectivity index (χ2n) is 6.48. The van der Waals surface area contributed by atoms with Crippen LogP contribution in [0, 0.1) is 5.92 Å². The number of piperidine rings is 1. The number of fused-ring (bicyclic) bond motifs is 1. The minimum atomic E-state index is 0.373. The van der Waals surface area contributed by atoms with Crippen molar-refractivity contribution in [2.45, 2.75) is 25.4 Å². The second kappa shape index (κ2) is 6.55. The van der Waals surface area contributed by atoms with Crippen LogP contribution in [-0.2, 0) is 6.54 Å². The van der Waals surface area contributed by atoms with Crippen LogP contribution in [0.4, 0.5) is 11.4 Å². The summed E-state index contributed by atoms with van der Waals surface area (Å²) in [5.41, 5.74) is 3.70. The highest BCUT2D eigenvalue weighted by Gasteiger charge is 2.31. The average Bonchev–Trinajstić information content (AvgIpc) is 2.64. The van der Waals surface area contributed by atoms with Crippen molar-refractivity contribution in [1.29, 1.82) is 0 Å². The summed E-state index contributed by atoms with van der Waals surface area (Å²) in [7, 11) is 0. The maximum absolute atomic E-state index is 4.75. The largest absolute Gasteiger partial charge is 0.357 e. The summed E-state index contributed by atoms with van der Waals surface area (Å²) in [6, 6.07) is 19.6. The van der Waals surface area contributed by atoms with Crippen LogP contribution in [0.5, 0.6) is 0 Å². The van der Waals surface area contributed by atoms with E-state index >= 15 is 0 Å². The molecule has 2 aromatic rings. The second-order valence-corrected chi connectivity index (χ2v) is 6.48. The van der Waals surface area contributed by atoms with Crippen LogP contribution in [0.2, 0.25) is 0 Å². The van der Waals surface area contributed by atoms with Crippen LogP contribution < -0.4 is 10.2 Å². The first-order valence-electron chi connectivity index (χ1n) is 8.56. The Balaban J connectivity index is 1.67. The summed E-state index contributed by atoms with van der Waals surface area (Å²) in [4.78, 5) is 7.28. The first kappa shape index (κ1) is 14.5. The summed E-state index contributed by atoms with van der Waals surface area (Å²) in [6.45, 7) is 3.17. The summed E-state index contributed by atoms with van der Waals surface area (Å²) < 4.78 is 0. The van der Waals surface area contributed by atoms with Crippen LogP contribution in [0.15, 0.2) is 59.6 Å². The summed E-state index contributed by atoms with van der Waals surface area (Å²) in [5, 5.41) is 3.55. The third-order valence-corrected chi connectivity index (χ3v) is 4.93. The van der Waals surface area contributed by atoms with E-state index in [4.69, 9.17) is 4.99 Å². The zero-order chi connectivity index (χ0) is 15.5. The number of anilines is 1. The Morgan fingerprint density at radius 1 is 1.04 bits per heavy atom. The topological polar surface area (TPSA) is 27.6 Å². The third kappa shape index (κ3) is 3.02. The van der Waals surface area contributed by atoms with Gasteiger partial charge in [-0.05, 0) is 43.0 Å². The van der Waals surface area contributed by atoms with E-state index in [1.807, 2.05) is 0 Å². The third-order valence-electron chi connectivity index (χ3n) is 4.93. The normalized spacial score (nSPS) is 23.6. The monoisotopic (exact) mass is 305 g/mol. The standard InChI is InChI=1S/C20H23N3/c1-2-7-16(8-3-1)15-23-19-11-5-4-10-18(19)22-14-20(23)17-9-6-12-21-13-17/h1-5,7-8,10-11,14,17,20-21H,6,9,12-13,15H2. The quantitative estimate of drug-likeness (QED) is 0.934. The molecule has 0 aromatic heterocycles. The average molecular weight is 305 g/mol. The van der Waals surface area contributed by atoms with E-state index in [1.165, 1.54) is 24.1 Å². The molecule has 1 saturated heterocycles. The molecule has 0 spiro atoms. The lowest BCUT2D eigenvalue weighted by Gasteiger charge is -2.40. The van der Waals surface area contributed by atoms with E-state index in [9.17, 15) is 0 Å². The van der Waals surface area contributed by atoms with Crippen LogP contribution in [-0.4, -0.2) is 25.3 Å². The molecule has 2 heterocycles. The molecule has 2 aliphatic rings. The zero-order valence-corrected chi connectivity index (χ0v) is 13.4. The van der Waals surface area contributed by atoms with Crippen molar-refractivity contribution in [3.8, 4) is 0 Å². The highest BCUT2D eigenvalue weighted by Crippen LogP contribution is 2.36. The predicted molar refractivity (Wildman–Crippen MR) is 96.6 cm³/mol. The summed E-state index contributed by atoms with van der Waals surface area (Å²) >= 11 is 0. The molecule has 1 N–H and O–H groups in total. The van der Waals surface area contributed by atoms with E-state index in [0.29, 0.717) is 12.0 Å². The van der Waals surface area contributed by atoms with Gasteiger partial charge in [-0.25, -0.2) is 0 Å². The van der Waals surface area contributed by atoms with Crippen molar-refractivity contribution in [1.82, 2.24) is 5.32 Å². The molecule has 2 aliphatic heterocycles. The number of nitrogens with zero attached hydrogens (tertiary/aromatic N) is 2. The number of rotatable bonds is 3. The molecule has 0 bridgehead atoms. The SMILES string of the molecule is C1=Nc2ccccc2N(Cc2ccccc2)C1C1CCCNC1. The van der Waals surface area contributed by atoms with Crippen molar-refractivity contribution in [3.63, 3.8) is 0 Å². The highest BCUT2D eigenvalue weighted by molar-refractivity contribution is 5.84. The van der Waals surface area contributed by atoms with Crippen LogP contribution >= 0.6 is 0 Å². The van der Waals surface area contributed by atoms with Gasteiger partial charge in [0, 0.05) is 19.3 Å². The number of hydrogen-bond donors (Lipinski definition) is 1. The molecule has 2 unspecified atom stereocenters. The van der Waals surface area contributed by atoms with Crippen LogP contribution in [0.25, 0.3) is 0 Å². The molecule has 0 radical (unpaired) electrons. The van der Waals surface area contributed by atoms with Crippen LogP contribution in [0.1, 0.15) is 18.4 Å². The highest BCUT2D eigenvalue weighted by atomic mass is 15.2. The molecule has 0 aliphatic carbocycles. The predicted octanol–water partition coefficient (Wildman–Crippen LogP) is 3.78. The number of benzene rings is 2. The van der Waals surface area contributed by atoms with Crippen LogP contribution in [0.3, 0.4) is 0 Å². The van der Waals surface area contributed by atoms with Crippen molar-refractivity contribution in [3.05, 3.63) is 60.2 Å². The Morgan fingerprint density at radius 3 is 2.70 bits per heavy atom. The molecule has 1 fully saturated rings. The Morgan fingerprint density at radius 2 is 1.87 bits per heavy atom. The van der Waals surface area contributed by atoms with Gasteiger partial charge in [-0.15, -0.1) is 0 Å². The molecular weight excluding hydrogens is 282 g/mol. The molecule has 3 heteroatoms. The minimum absolute atomic E-state index is 0.373. The van der Waals surface area contributed by atoms with Gasteiger partial charge in [-0.1, -0.05) is 42.5 Å². The lowest BCUT2D eigenvalue weighted by atomic mass is 9.89. The van der Waals surface area contributed by atoms with Gasteiger partial charge in [-0.3, -0.25) is 4.99 Å². The fourth-order valence-corrected chi connectivity index (χ4v) is 3.73. The lowest BCUT2D eigenvalue weighted by Crippen LogP contribution is -2.48. The zero-order valence-electron chi connectivity index (χ0n) is 13.4. The fraction of sp³-hybridized carbons (Fsp3) is 0.350. The Hall–Kier alpha value is -2.13. The molecule has 4 rings (SSSR count). The van der Waals surface area contributed by atoms with E-state index in [2.05, 4.69) is 71.0 Å². The van der Waals surface area contributed by atoms with Gasteiger partial charge in [0.15, 0.2) is 0 Å². The Labute approximate surface area is 138 Å². The Bertz CT molecular complexity index is 674. The molecule has 0 amide bonds. The van der Waals surface area contributed by atoms with Gasteiger partial charge in [-0.2, -0.15) is 0 Å². The van der Waals surface area contributed by atoms with E-state index in [-0.39, 0.29) is 0 Å². The smallest absolute Gasteiger partial charge is 0.0860 e. The van der Waals surface area contributed by atoms with Crippen molar-refractivity contribution < 1.29 is 0 Å². The van der Waals surface area contributed by atoms with Crippen molar-refractivity contribution >= 4 is 17.6 Å². The Kier molecular flexibility index (Phi) is 4.12. The number of nitrogens with one attached hydrogen (secondary N) is 1. The summed E-state index contributed by atoms with van der Waals surface area (Å²) in [6.07, 6.45) is 4.70. The first-order chi connectivity index (χ1) is 11.4. The molecule has 0 saturated carbocycles. The maximum Gasteiger partial charge on any atom is 0.0860 e. The van der Waals surface area contributed by atoms with Gasteiger partial charge in [0.1, 0.15) is 0 Å². The van der Waals surface area contributed by atoms with E-state index in [0.717, 1.165) is 25.3 Å². The molecule has 2 aromatic carbocycles. The molecule has 23 heavy (non-hydrogen) atoms. The van der Waals surface area contributed by atoms with Gasteiger partial charge < -0.3 is 10.2 Å². The van der Waals surface area contributed by atoms with Gasteiger partial charge in [0.05, 0.1) is 17.4 Å². The van der Waals surface area contributed by atoms with E-state index in [1.54, 1.807) is 0 Å².